The van der Waals surface area contributed by atoms with Gasteiger partial charge in [0.2, 0.25) is 0 Å². The van der Waals surface area contributed by atoms with E-state index in [1.807, 2.05) is 36.4 Å². The average Bonchev–Trinajstić information content (AvgIpc) is 2.77. The quantitative estimate of drug-likeness (QED) is 0.482. The van der Waals surface area contributed by atoms with Gasteiger partial charge in [0.1, 0.15) is 0 Å². The second-order valence-electron chi connectivity index (χ2n) is 4.46. The highest BCUT2D eigenvalue weighted by Crippen LogP contribution is 2.32. The molecule has 2 N–H and O–H groups in total. The van der Waals surface area contributed by atoms with E-state index < -0.39 is 0 Å². The Hall–Kier alpha value is -1.65. The Morgan fingerprint density at radius 1 is 1.39 bits per heavy atom. The molecule has 2 rings (SSSR count). The van der Waals surface area contributed by atoms with Gasteiger partial charge in [0, 0.05) is 19.0 Å². The van der Waals surface area contributed by atoms with Crippen molar-refractivity contribution in [2.24, 2.45) is 11.1 Å². The number of hydrogen-bond donors (Lipinski definition) is 2. The third kappa shape index (κ3) is 2.30. The number of benzene rings is 1. The van der Waals surface area contributed by atoms with Crippen molar-refractivity contribution in [3.8, 4) is 0 Å². The summed E-state index contributed by atoms with van der Waals surface area (Å²) in [6.07, 6.45) is 1.82. The van der Waals surface area contributed by atoms with E-state index in [9.17, 15) is 10.3 Å². The molecule has 0 aliphatic carbocycles. The van der Waals surface area contributed by atoms with Gasteiger partial charge in [-0.3, -0.25) is 4.90 Å². The van der Waals surface area contributed by atoms with E-state index in [4.69, 9.17) is 0 Å². The smallest absolute Gasteiger partial charge is 0.0853 e. The van der Waals surface area contributed by atoms with Crippen LogP contribution in [0.25, 0.3) is 0 Å². The molecule has 0 bridgehead atoms. The van der Waals surface area contributed by atoms with E-state index in [0.717, 1.165) is 5.56 Å². The van der Waals surface area contributed by atoms with E-state index in [1.165, 1.54) is 0 Å². The van der Waals surface area contributed by atoms with Crippen LogP contribution in [-0.4, -0.2) is 40.6 Å². The zero-order valence-corrected chi connectivity index (χ0v) is 10.2. The second kappa shape index (κ2) is 5.80. The van der Waals surface area contributed by atoms with Gasteiger partial charge in [0.25, 0.3) is 0 Å². The highest BCUT2D eigenvalue weighted by atomic mass is 16.4. The third-order valence-corrected chi connectivity index (χ3v) is 3.33. The molecule has 0 saturated carbocycles. The van der Waals surface area contributed by atoms with Crippen LogP contribution in [0.15, 0.2) is 48.1 Å². The predicted molar refractivity (Wildman–Crippen MR) is 70.8 cm³/mol. The molecule has 1 fully saturated rings. The van der Waals surface area contributed by atoms with E-state index in [1.54, 1.807) is 0 Å². The summed E-state index contributed by atoms with van der Waals surface area (Å²) < 4.78 is 0. The van der Waals surface area contributed by atoms with Crippen molar-refractivity contribution in [3.63, 3.8) is 0 Å². The molecule has 1 heterocycles. The molecule has 1 aliphatic rings. The van der Waals surface area contributed by atoms with Gasteiger partial charge in [-0.1, -0.05) is 41.6 Å². The van der Waals surface area contributed by atoms with Crippen molar-refractivity contribution < 1.29 is 10.3 Å². The molecule has 4 heteroatoms. The number of oxime groups is 1. The molecule has 1 aromatic rings. The van der Waals surface area contributed by atoms with Gasteiger partial charge in [-0.05, 0) is 5.56 Å². The highest BCUT2D eigenvalue weighted by molar-refractivity contribution is 5.94. The maximum absolute atomic E-state index is 9.37. The van der Waals surface area contributed by atoms with Crippen molar-refractivity contribution in [1.29, 1.82) is 0 Å². The minimum atomic E-state index is -0.111. The lowest BCUT2D eigenvalue weighted by molar-refractivity contribution is 0.229. The Morgan fingerprint density at radius 2 is 2.11 bits per heavy atom. The zero-order valence-electron chi connectivity index (χ0n) is 10.2. The molecule has 0 amide bonds. The number of hydrogen-bond acceptors (Lipinski definition) is 4. The highest BCUT2D eigenvalue weighted by Gasteiger charge is 2.38. The molecule has 18 heavy (non-hydrogen) atoms. The standard InChI is InChI=1S/C14H18N2O2/c1-2-8-16-9-12(10-17)13(15-18)14(16)11-6-4-3-5-7-11/h2-7,12,14,17-18H,1,8-10H2/b15-13+/t12-,14-/m0/s1. The first-order chi connectivity index (χ1) is 8.81. The number of aliphatic hydroxyl groups excluding tert-OH is 1. The van der Waals surface area contributed by atoms with E-state index in [2.05, 4.69) is 16.6 Å². The first-order valence-electron chi connectivity index (χ1n) is 6.04. The Bertz CT molecular complexity index is 431. The molecule has 1 saturated heterocycles. The van der Waals surface area contributed by atoms with Crippen LogP contribution in [0.3, 0.4) is 0 Å². The lowest BCUT2D eigenvalue weighted by Gasteiger charge is -2.22. The Labute approximate surface area is 107 Å². The van der Waals surface area contributed by atoms with Crippen LogP contribution in [0.1, 0.15) is 11.6 Å². The normalized spacial score (nSPS) is 26.6. The number of nitrogens with zero attached hydrogens (tertiary/aromatic N) is 2. The third-order valence-electron chi connectivity index (χ3n) is 3.33. The van der Waals surface area contributed by atoms with Crippen LogP contribution in [-0.2, 0) is 0 Å². The monoisotopic (exact) mass is 246 g/mol. The summed E-state index contributed by atoms with van der Waals surface area (Å²) in [6.45, 7) is 5.13. The van der Waals surface area contributed by atoms with Crippen LogP contribution in [0, 0.1) is 5.92 Å². The summed E-state index contributed by atoms with van der Waals surface area (Å²) >= 11 is 0. The van der Waals surface area contributed by atoms with E-state index in [-0.39, 0.29) is 18.6 Å². The largest absolute Gasteiger partial charge is 0.411 e. The summed E-state index contributed by atoms with van der Waals surface area (Å²) in [5.74, 6) is -0.111. The van der Waals surface area contributed by atoms with Crippen molar-refractivity contribution in [1.82, 2.24) is 4.90 Å². The van der Waals surface area contributed by atoms with Crippen LogP contribution < -0.4 is 0 Å². The fraction of sp³-hybridized carbons (Fsp3) is 0.357. The maximum atomic E-state index is 9.37. The summed E-state index contributed by atoms with van der Waals surface area (Å²) in [7, 11) is 0. The molecule has 4 nitrogen and oxygen atoms in total. The van der Waals surface area contributed by atoms with Gasteiger partial charge in [0.05, 0.1) is 18.4 Å². The van der Waals surface area contributed by atoms with Crippen molar-refractivity contribution >= 4 is 5.71 Å². The minimum Gasteiger partial charge on any atom is -0.411 e. The Balaban J connectivity index is 2.35. The molecule has 96 valence electrons. The summed E-state index contributed by atoms with van der Waals surface area (Å²) in [5, 5.41) is 22.0. The number of likely N-dealkylation sites (tertiary alicyclic amines) is 1. The summed E-state index contributed by atoms with van der Waals surface area (Å²) in [5.41, 5.74) is 1.70. The molecular weight excluding hydrogens is 228 g/mol. The predicted octanol–water partition coefficient (Wildman–Crippen LogP) is 1.67. The molecule has 0 spiro atoms. The van der Waals surface area contributed by atoms with Crippen LogP contribution in [0.2, 0.25) is 0 Å². The molecule has 1 aromatic carbocycles. The maximum Gasteiger partial charge on any atom is 0.0853 e. The SMILES string of the molecule is C=CCN1C[C@@H](CO)/C(=N\O)[C@@H]1c1ccccc1. The molecule has 2 atom stereocenters. The van der Waals surface area contributed by atoms with Crippen LogP contribution in [0.5, 0.6) is 0 Å². The molecule has 1 aliphatic heterocycles. The first-order valence-corrected chi connectivity index (χ1v) is 6.04. The minimum absolute atomic E-state index is 0.00360. The van der Waals surface area contributed by atoms with E-state index in [0.29, 0.717) is 18.8 Å². The zero-order chi connectivity index (χ0) is 13.0. The van der Waals surface area contributed by atoms with Crippen LogP contribution in [0.4, 0.5) is 0 Å². The van der Waals surface area contributed by atoms with Gasteiger partial charge in [-0.15, -0.1) is 6.58 Å². The van der Waals surface area contributed by atoms with E-state index >= 15 is 0 Å². The summed E-state index contributed by atoms with van der Waals surface area (Å²) in [6, 6.07) is 9.81. The molecular formula is C14H18N2O2. The lowest BCUT2D eigenvalue weighted by Crippen LogP contribution is -2.25. The van der Waals surface area contributed by atoms with Crippen molar-refractivity contribution in [2.75, 3.05) is 19.7 Å². The van der Waals surface area contributed by atoms with Gasteiger partial charge in [-0.2, -0.15) is 0 Å². The van der Waals surface area contributed by atoms with Crippen molar-refractivity contribution in [3.05, 3.63) is 48.6 Å². The number of aliphatic hydroxyl groups is 1. The van der Waals surface area contributed by atoms with Gasteiger partial charge >= 0.3 is 0 Å². The van der Waals surface area contributed by atoms with Gasteiger partial charge < -0.3 is 10.3 Å². The molecule has 0 radical (unpaired) electrons. The van der Waals surface area contributed by atoms with Gasteiger partial charge in [0.15, 0.2) is 0 Å². The fourth-order valence-corrected chi connectivity index (χ4v) is 2.54. The Morgan fingerprint density at radius 3 is 2.67 bits per heavy atom. The average molecular weight is 246 g/mol. The first kappa shape index (κ1) is 12.8. The number of rotatable bonds is 4. The topological polar surface area (TPSA) is 56.1 Å². The molecule has 0 unspecified atom stereocenters. The van der Waals surface area contributed by atoms with Crippen LogP contribution >= 0.6 is 0 Å². The summed E-state index contributed by atoms with van der Waals surface area (Å²) in [4.78, 5) is 2.15. The fourth-order valence-electron chi connectivity index (χ4n) is 2.54. The lowest BCUT2D eigenvalue weighted by atomic mass is 9.98. The molecule has 0 aromatic heterocycles. The Kier molecular flexibility index (Phi) is 4.12. The van der Waals surface area contributed by atoms with Crippen molar-refractivity contribution in [2.45, 2.75) is 6.04 Å². The van der Waals surface area contributed by atoms with Gasteiger partial charge in [-0.25, -0.2) is 0 Å². The second-order valence-corrected chi connectivity index (χ2v) is 4.46.